The monoisotopic (exact) mass is 509 g/mol. The lowest BCUT2D eigenvalue weighted by atomic mass is 10.0. The third kappa shape index (κ3) is 7.05. The maximum absolute atomic E-state index is 15.2. The molecule has 1 aromatic heterocycles. The summed E-state index contributed by atoms with van der Waals surface area (Å²) in [5, 5.41) is 2.70. The van der Waals surface area contributed by atoms with Crippen molar-refractivity contribution in [2.75, 3.05) is 13.7 Å². The van der Waals surface area contributed by atoms with Crippen LogP contribution in [0.3, 0.4) is 0 Å². The lowest BCUT2D eigenvalue weighted by Gasteiger charge is -2.19. The largest absolute Gasteiger partial charge is 0.501 e. The number of methoxy groups -OCH3 is 1. The minimum absolute atomic E-state index is 0.121. The van der Waals surface area contributed by atoms with Gasteiger partial charge in [-0.2, -0.15) is 13.2 Å². The number of ether oxygens (including phenoxy) is 2. The van der Waals surface area contributed by atoms with Crippen LogP contribution >= 0.6 is 0 Å². The number of aryl methyl sites for hydroxylation is 2. The van der Waals surface area contributed by atoms with Gasteiger partial charge in [-0.05, 0) is 58.2 Å². The second-order valence-electron chi connectivity index (χ2n) is 8.22. The molecule has 0 aliphatic heterocycles. The Hall–Kier alpha value is -3.43. The number of nitrogens with zero attached hydrogens (tertiary/aromatic N) is 2. The van der Waals surface area contributed by atoms with E-state index in [-0.39, 0.29) is 16.8 Å². The number of hydrogen-bond acceptors (Lipinski definition) is 5. The summed E-state index contributed by atoms with van der Waals surface area (Å²) < 4.78 is 64.3. The molecule has 10 heteroatoms. The maximum atomic E-state index is 15.2. The van der Waals surface area contributed by atoms with Gasteiger partial charge < -0.3 is 14.8 Å². The van der Waals surface area contributed by atoms with Crippen LogP contribution in [0.15, 0.2) is 40.9 Å². The summed E-state index contributed by atoms with van der Waals surface area (Å²) in [6.07, 6.45) is -2.22. The summed E-state index contributed by atoms with van der Waals surface area (Å²) in [5.41, 5.74) is 2.74. The summed E-state index contributed by atoms with van der Waals surface area (Å²) >= 11 is 0. The Labute approximate surface area is 208 Å². The Morgan fingerprint density at radius 1 is 1.14 bits per heavy atom. The second kappa shape index (κ2) is 12.0. The number of aromatic nitrogens is 2. The first-order valence-corrected chi connectivity index (χ1v) is 11.4. The highest BCUT2D eigenvalue weighted by molar-refractivity contribution is 5.99. The van der Waals surface area contributed by atoms with Crippen LogP contribution in [-0.4, -0.2) is 35.8 Å². The highest BCUT2D eigenvalue weighted by Gasteiger charge is 2.30. The molecule has 0 saturated carbocycles. The predicted octanol–water partition coefficient (Wildman–Crippen LogP) is 6.45. The molecule has 0 unspecified atom stereocenters. The molecule has 0 fully saturated rings. The number of hydrogen-bond donors (Lipinski definition) is 1. The molecule has 1 aromatic carbocycles. The third-order valence-electron chi connectivity index (χ3n) is 5.77. The van der Waals surface area contributed by atoms with Crippen molar-refractivity contribution in [1.82, 2.24) is 15.3 Å². The van der Waals surface area contributed by atoms with Crippen molar-refractivity contribution < 1.29 is 31.8 Å². The Balaban J connectivity index is 2.63. The number of nitrogens with one attached hydrogen (secondary N) is 1. The molecule has 196 valence electrons. The fraction of sp³-hybridized carbons (Fsp3) is 0.423. The third-order valence-corrected chi connectivity index (χ3v) is 5.77. The molecular formula is C26H31F4N3O3. The molecule has 0 bridgehead atoms. The molecular weight excluding hydrogens is 478 g/mol. The first-order valence-electron chi connectivity index (χ1n) is 11.4. The van der Waals surface area contributed by atoms with Crippen LogP contribution in [0, 0.1) is 12.7 Å². The highest BCUT2D eigenvalue weighted by Crippen LogP contribution is 2.32. The van der Waals surface area contributed by atoms with E-state index in [4.69, 9.17) is 9.47 Å². The number of allylic oxidation sites excluding steroid dienone is 3. The number of amides is 1. The fourth-order valence-electron chi connectivity index (χ4n) is 3.37. The number of carbonyl (C=O) groups excluding carboxylic acids is 1. The van der Waals surface area contributed by atoms with E-state index >= 15 is 4.39 Å². The van der Waals surface area contributed by atoms with Gasteiger partial charge in [-0.15, -0.1) is 0 Å². The zero-order valence-corrected chi connectivity index (χ0v) is 21.5. The van der Waals surface area contributed by atoms with Crippen LogP contribution in [0.4, 0.5) is 17.6 Å². The molecule has 2 rings (SSSR count). The molecule has 0 saturated heterocycles. The zero-order valence-electron chi connectivity index (χ0n) is 21.5. The van der Waals surface area contributed by atoms with Crippen LogP contribution in [-0.2, 0) is 11.2 Å². The van der Waals surface area contributed by atoms with Crippen LogP contribution < -0.4 is 10.1 Å². The number of rotatable bonds is 9. The number of alkyl halides is 3. The van der Waals surface area contributed by atoms with Crippen molar-refractivity contribution in [2.45, 2.75) is 60.6 Å². The number of benzene rings is 1. The minimum atomic E-state index is -4.67. The number of carbonyl (C=O) groups is 1. The van der Waals surface area contributed by atoms with Crippen molar-refractivity contribution in [3.63, 3.8) is 0 Å². The summed E-state index contributed by atoms with van der Waals surface area (Å²) in [6, 6.07) is 1.90. The first kappa shape index (κ1) is 28.8. The maximum Gasteiger partial charge on any atom is 0.422 e. The fourth-order valence-corrected chi connectivity index (χ4v) is 3.37. The summed E-state index contributed by atoms with van der Waals surface area (Å²) in [6.45, 7) is 9.08. The molecule has 0 radical (unpaired) electrons. The zero-order chi connectivity index (χ0) is 27.2. The lowest BCUT2D eigenvalue weighted by molar-refractivity contribution is -0.153. The summed E-state index contributed by atoms with van der Waals surface area (Å²) in [5.74, 6) is -1.57. The van der Waals surface area contributed by atoms with Crippen molar-refractivity contribution >= 4 is 5.91 Å². The predicted molar refractivity (Wildman–Crippen MR) is 129 cm³/mol. The normalized spacial score (nSPS) is 13.1. The van der Waals surface area contributed by atoms with E-state index in [0.717, 1.165) is 17.7 Å². The van der Waals surface area contributed by atoms with Gasteiger partial charge in [-0.25, -0.2) is 9.37 Å². The van der Waals surface area contributed by atoms with Gasteiger partial charge in [-0.3, -0.25) is 9.78 Å². The van der Waals surface area contributed by atoms with Gasteiger partial charge in [0.25, 0.3) is 5.91 Å². The van der Waals surface area contributed by atoms with Crippen LogP contribution in [0.25, 0.3) is 11.3 Å². The Bertz CT molecular complexity index is 1190. The smallest absolute Gasteiger partial charge is 0.422 e. The minimum Gasteiger partial charge on any atom is -0.501 e. The molecule has 6 nitrogen and oxygen atoms in total. The summed E-state index contributed by atoms with van der Waals surface area (Å²) in [7, 11) is 1.48. The molecule has 1 amide bonds. The van der Waals surface area contributed by atoms with Crippen molar-refractivity contribution in [3.05, 3.63) is 63.7 Å². The van der Waals surface area contributed by atoms with Gasteiger partial charge in [0.15, 0.2) is 6.61 Å². The lowest BCUT2D eigenvalue weighted by Crippen LogP contribution is -2.27. The van der Waals surface area contributed by atoms with Gasteiger partial charge in [0.2, 0.25) is 0 Å². The standard InChI is InChI=1S/C26H31F4N3O3/c1-8-14(3)24(15(4)17(6)35-7)33-25(34)19-10-20(27)18(11-23(19)36-13-26(28,29)30)22-12-31-16(5)21(9-2)32-22/h10-12H,8-9,13H2,1-7H3,(H,33,34)/b17-15+,24-14+. The molecule has 2 aromatic rings. The van der Waals surface area contributed by atoms with Crippen molar-refractivity contribution in [3.8, 4) is 17.0 Å². The first-order chi connectivity index (χ1) is 16.8. The van der Waals surface area contributed by atoms with Crippen LogP contribution in [0.5, 0.6) is 5.75 Å². The van der Waals surface area contributed by atoms with E-state index < -0.39 is 30.3 Å². The molecule has 0 atom stereocenters. The van der Waals surface area contributed by atoms with E-state index in [0.29, 0.717) is 41.3 Å². The van der Waals surface area contributed by atoms with Gasteiger partial charge >= 0.3 is 6.18 Å². The molecule has 0 aliphatic rings. The quantitative estimate of drug-likeness (QED) is 0.239. The average Bonchev–Trinajstić information content (AvgIpc) is 2.84. The Morgan fingerprint density at radius 3 is 2.36 bits per heavy atom. The number of halogens is 4. The molecule has 1 heterocycles. The van der Waals surface area contributed by atoms with Gasteiger partial charge in [0, 0.05) is 16.8 Å². The van der Waals surface area contributed by atoms with Gasteiger partial charge in [0.1, 0.15) is 11.6 Å². The van der Waals surface area contributed by atoms with E-state index in [1.165, 1.54) is 13.3 Å². The van der Waals surface area contributed by atoms with Gasteiger partial charge in [-0.1, -0.05) is 13.8 Å². The van der Waals surface area contributed by atoms with Gasteiger partial charge in [0.05, 0.1) is 41.7 Å². The topological polar surface area (TPSA) is 73.3 Å². The highest BCUT2D eigenvalue weighted by atomic mass is 19.4. The SMILES string of the molecule is CC/C(C)=C(NC(=O)c1cc(F)c(-c2cnc(C)c(CC)n2)cc1OCC(F)(F)F)\C(C)=C(/C)OC. The van der Waals surface area contributed by atoms with Crippen molar-refractivity contribution in [2.24, 2.45) is 0 Å². The van der Waals surface area contributed by atoms with E-state index in [1.807, 2.05) is 13.8 Å². The molecule has 0 aliphatic carbocycles. The van der Waals surface area contributed by atoms with E-state index in [2.05, 4.69) is 15.3 Å². The van der Waals surface area contributed by atoms with Crippen LogP contribution in [0.1, 0.15) is 62.8 Å². The van der Waals surface area contributed by atoms with Crippen LogP contribution in [0.2, 0.25) is 0 Å². The molecule has 0 spiro atoms. The second-order valence-corrected chi connectivity index (χ2v) is 8.22. The Kier molecular flexibility index (Phi) is 9.61. The van der Waals surface area contributed by atoms with Crippen molar-refractivity contribution in [1.29, 1.82) is 0 Å². The molecule has 36 heavy (non-hydrogen) atoms. The van der Waals surface area contributed by atoms with E-state index in [9.17, 15) is 18.0 Å². The average molecular weight is 510 g/mol. The van der Waals surface area contributed by atoms with E-state index in [1.54, 1.807) is 27.7 Å². The molecule has 1 N–H and O–H groups in total. The Morgan fingerprint density at radius 2 is 1.81 bits per heavy atom. The summed E-state index contributed by atoms with van der Waals surface area (Å²) in [4.78, 5) is 21.8.